The maximum absolute atomic E-state index is 12.4. The Kier molecular flexibility index (Phi) is 5.21. The zero-order valence-corrected chi connectivity index (χ0v) is 15.7. The van der Waals surface area contributed by atoms with Crippen LogP contribution in [0.5, 0.6) is 5.75 Å². The van der Waals surface area contributed by atoms with Gasteiger partial charge in [-0.15, -0.1) is 0 Å². The summed E-state index contributed by atoms with van der Waals surface area (Å²) >= 11 is 0. The van der Waals surface area contributed by atoms with Crippen LogP contribution in [0.1, 0.15) is 42.1 Å². The van der Waals surface area contributed by atoms with E-state index in [0.29, 0.717) is 29.0 Å². The molecule has 2 heterocycles. The average molecular weight is 381 g/mol. The summed E-state index contributed by atoms with van der Waals surface area (Å²) in [5, 5.41) is 17.8. The highest BCUT2D eigenvalue weighted by atomic mass is 16.5. The van der Waals surface area contributed by atoms with Gasteiger partial charge in [-0.2, -0.15) is 5.10 Å². The molecular formula is C20H23N5O3. The summed E-state index contributed by atoms with van der Waals surface area (Å²) in [4.78, 5) is 20.2. The molecule has 0 saturated heterocycles. The van der Waals surface area contributed by atoms with E-state index in [1.807, 2.05) is 23.0 Å². The summed E-state index contributed by atoms with van der Waals surface area (Å²) < 4.78 is 7.46. The van der Waals surface area contributed by atoms with Crippen molar-refractivity contribution in [2.75, 3.05) is 19.0 Å². The summed E-state index contributed by atoms with van der Waals surface area (Å²) in [6, 6.07) is 4.04. The third-order valence-electron chi connectivity index (χ3n) is 5.36. The van der Waals surface area contributed by atoms with Gasteiger partial charge in [0.15, 0.2) is 0 Å². The van der Waals surface area contributed by atoms with Crippen molar-refractivity contribution in [3.05, 3.63) is 42.6 Å². The maximum Gasteiger partial charge on any atom is 0.258 e. The molecule has 1 aromatic carbocycles. The number of hydrogen-bond donors (Lipinski definition) is 2. The Balaban J connectivity index is 1.59. The molecule has 1 aliphatic rings. The number of nitrogens with zero attached hydrogens (tertiary/aromatic N) is 4. The van der Waals surface area contributed by atoms with Gasteiger partial charge in [0.2, 0.25) is 0 Å². The van der Waals surface area contributed by atoms with E-state index in [0.717, 1.165) is 36.6 Å². The monoisotopic (exact) mass is 381 g/mol. The van der Waals surface area contributed by atoms with Gasteiger partial charge in [0.25, 0.3) is 5.91 Å². The number of nitrogens with one attached hydrogen (secondary N) is 1. The van der Waals surface area contributed by atoms with Gasteiger partial charge < -0.3 is 15.2 Å². The van der Waals surface area contributed by atoms with Crippen LogP contribution in [0.3, 0.4) is 0 Å². The van der Waals surface area contributed by atoms with Crippen LogP contribution in [0.2, 0.25) is 0 Å². The van der Waals surface area contributed by atoms with E-state index in [9.17, 15) is 9.90 Å². The number of anilines is 1. The van der Waals surface area contributed by atoms with Crippen LogP contribution in [0.4, 0.5) is 5.69 Å². The van der Waals surface area contributed by atoms with Crippen molar-refractivity contribution >= 4 is 22.5 Å². The number of aliphatic hydroxyl groups is 1. The van der Waals surface area contributed by atoms with E-state index in [-0.39, 0.29) is 12.5 Å². The maximum atomic E-state index is 12.4. The number of aromatic nitrogens is 4. The number of fused-ring (bicyclic) bond motifs is 1. The van der Waals surface area contributed by atoms with Crippen molar-refractivity contribution < 1.29 is 14.6 Å². The van der Waals surface area contributed by atoms with Crippen molar-refractivity contribution in [2.24, 2.45) is 5.92 Å². The number of benzene rings is 1. The predicted octanol–water partition coefficient (Wildman–Crippen LogP) is 2.81. The summed E-state index contributed by atoms with van der Waals surface area (Å²) in [5.41, 5.74) is 1.77. The molecule has 0 atom stereocenters. The molecule has 1 fully saturated rings. The minimum atomic E-state index is -0.298. The summed E-state index contributed by atoms with van der Waals surface area (Å²) in [6.45, 7) is 0.264. The van der Waals surface area contributed by atoms with E-state index in [1.54, 1.807) is 7.11 Å². The Hall–Kier alpha value is -3.00. The molecule has 1 aliphatic carbocycles. The SMILES string of the molecule is COc1cc2nn(C3CCC(CO)CC3)cc2cc1NC(=O)c1cncnc1. The highest BCUT2D eigenvalue weighted by molar-refractivity contribution is 6.05. The lowest BCUT2D eigenvalue weighted by Crippen LogP contribution is -2.20. The Bertz CT molecular complexity index is 965. The lowest BCUT2D eigenvalue weighted by Gasteiger charge is -2.27. The van der Waals surface area contributed by atoms with Crippen LogP contribution < -0.4 is 10.1 Å². The fourth-order valence-corrected chi connectivity index (χ4v) is 3.73. The molecule has 8 heteroatoms. The van der Waals surface area contributed by atoms with Gasteiger partial charge in [-0.05, 0) is 37.7 Å². The van der Waals surface area contributed by atoms with Crippen molar-refractivity contribution in [1.29, 1.82) is 0 Å². The van der Waals surface area contributed by atoms with Crippen LogP contribution in [0, 0.1) is 5.92 Å². The standard InChI is InChI=1S/C20H23N5O3/c1-28-19-7-17-14(6-18(19)23-20(27)15-8-21-12-22-9-15)10-25(24-17)16-4-2-13(11-26)3-5-16/h6-10,12-13,16,26H,2-5,11H2,1H3,(H,23,27). The zero-order valence-electron chi connectivity index (χ0n) is 15.7. The van der Waals surface area contributed by atoms with Crippen LogP contribution in [-0.2, 0) is 0 Å². The lowest BCUT2D eigenvalue weighted by atomic mass is 9.87. The largest absolute Gasteiger partial charge is 0.494 e. The number of amides is 1. The topological polar surface area (TPSA) is 102 Å². The van der Waals surface area contributed by atoms with Gasteiger partial charge in [0, 0.05) is 36.7 Å². The molecule has 28 heavy (non-hydrogen) atoms. The minimum Gasteiger partial charge on any atom is -0.494 e. The quantitative estimate of drug-likeness (QED) is 0.705. The average Bonchev–Trinajstić information content (AvgIpc) is 3.16. The van der Waals surface area contributed by atoms with Gasteiger partial charge in [-0.3, -0.25) is 9.48 Å². The third kappa shape index (κ3) is 3.68. The van der Waals surface area contributed by atoms with Crippen molar-refractivity contribution in [3.8, 4) is 5.75 Å². The molecule has 0 radical (unpaired) electrons. The first-order chi connectivity index (χ1) is 13.7. The van der Waals surface area contributed by atoms with E-state index < -0.39 is 0 Å². The molecular weight excluding hydrogens is 358 g/mol. The normalized spacial score (nSPS) is 19.5. The third-order valence-corrected chi connectivity index (χ3v) is 5.36. The number of methoxy groups -OCH3 is 1. The van der Waals surface area contributed by atoms with Crippen molar-refractivity contribution in [3.63, 3.8) is 0 Å². The number of ether oxygens (including phenoxy) is 1. The van der Waals surface area contributed by atoms with E-state index in [1.165, 1.54) is 18.7 Å². The second kappa shape index (κ2) is 7.93. The smallest absolute Gasteiger partial charge is 0.258 e. The summed E-state index contributed by atoms with van der Waals surface area (Å²) in [5.74, 6) is 0.657. The van der Waals surface area contributed by atoms with Crippen molar-refractivity contribution in [1.82, 2.24) is 19.7 Å². The molecule has 3 aromatic rings. The Labute approximate surface area is 162 Å². The fraction of sp³-hybridized carbons (Fsp3) is 0.400. The predicted molar refractivity (Wildman–Crippen MR) is 104 cm³/mol. The lowest BCUT2D eigenvalue weighted by molar-refractivity contribution is 0.102. The molecule has 0 unspecified atom stereocenters. The first kappa shape index (κ1) is 18.4. The molecule has 1 saturated carbocycles. The molecule has 2 N–H and O–H groups in total. The highest BCUT2D eigenvalue weighted by Crippen LogP contribution is 2.34. The Morgan fingerprint density at radius 2 is 2.00 bits per heavy atom. The first-order valence-corrected chi connectivity index (χ1v) is 9.42. The Morgan fingerprint density at radius 3 is 2.68 bits per heavy atom. The van der Waals surface area contributed by atoms with Gasteiger partial charge >= 0.3 is 0 Å². The Morgan fingerprint density at radius 1 is 1.25 bits per heavy atom. The molecule has 0 bridgehead atoms. The van der Waals surface area contributed by atoms with Crippen LogP contribution >= 0.6 is 0 Å². The molecule has 0 spiro atoms. The molecule has 8 nitrogen and oxygen atoms in total. The number of carbonyl (C=O) groups is 1. The van der Waals surface area contributed by atoms with Gasteiger partial charge in [0.05, 0.1) is 29.9 Å². The minimum absolute atomic E-state index is 0.264. The number of rotatable bonds is 5. The second-order valence-corrected chi connectivity index (χ2v) is 7.16. The number of hydrogen-bond acceptors (Lipinski definition) is 6. The second-order valence-electron chi connectivity index (χ2n) is 7.16. The van der Waals surface area contributed by atoms with E-state index >= 15 is 0 Å². The number of aliphatic hydroxyl groups excluding tert-OH is 1. The molecule has 0 aliphatic heterocycles. The summed E-state index contributed by atoms with van der Waals surface area (Å²) in [6.07, 6.45) is 10.4. The van der Waals surface area contributed by atoms with Gasteiger partial charge in [-0.25, -0.2) is 9.97 Å². The fourth-order valence-electron chi connectivity index (χ4n) is 3.73. The van der Waals surface area contributed by atoms with E-state index in [2.05, 4.69) is 15.3 Å². The van der Waals surface area contributed by atoms with Crippen LogP contribution in [0.15, 0.2) is 37.1 Å². The van der Waals surface area contributed by atoms with Crippen LogP contribution in [-0.4, -0.2) is 44.5 Å². The van der Waals surface area contributed by atoms with Gasteiger partial charge in [-0.1, -0.05) is 0 Å². The molecule has 146 valence electrons. The first-order valence-electron chi connectivity index (χ1n) is 9.42. The highest BCUT2D eigenvalue weighted by Gasteiger charge is 2.23. The molecule has 2 aromatic heterocycles. The zero-order chi connectivity index (χ0) is 19.5. The summed E-state index contributed by atoms with van der Waals surface area (Å²) in [7, 11) is 1.57. The van der Waals surface area contributed by atoms with Crippen LogP contribution in [0.25, 0.3) is 10.9 Å². The van der Waals surface area contributed by atoms with Crippen molar-refractivity contribution in [2.45, 2.75) is 31.7 Å². The number of carbonyl (C=O) groups excluding carboxylic acids is 1. The molecule has 1 amide bonds. The van der Waals surface area contributed by atoms with Gasteiger partial charge in [0.1, 0.15) is 12.1 Å². The van der Waals surface area contributed by atoms with E-state index in [4.69, 9.17) is 9.84 Å². The molecule has 4 rings (SSSR count).